The van der Waals surface area contributed by atoms with Gasteiger partial charge in [-0.2, -0.15) is 5.26 Å². The molecule has 9 heteroatoms. The molecule has 2 fully saturated rings. The van der Waals surface area contributed by atoms with Crippen LogP contribution in [0.25, 0.3) is 0 Å². The topological polar surface area (TPSA) is 101 Å². The number of likely N-dealkylation sites (tertiary alicyclic amines) is 1. The molecule has 0 radical (unpaired) electrons. The predicted octanol–water partition coefficient (Wildman–Crippen LogP) is 1.99. The Kier molecular flexibility index (Phi) is 5.42. The average Bonchev–Trinajstić information content (AvgIpc) is 3.32. The van der Waals surface area contributed by atoms with Crippen molar-refractivity contribution < 1.29 is 23.8 Å². The third kappa shape index (κ3) is 4.58. The summed E-state index contributed by atoms with van der Waals surface area (Å²) < 4.78 is 16.8. The largest absolute Gasteiger partial charge is 0.444 e. The van der Waals surface area contributed by atoms with E-state index in [0.29, 0.717) is 25.3 Å². The van der Waals surface area contributed by atoms with Crippen LogP contribution in [0.2, 0.25) is 0 Å². The van der Waals surface area contributed by atoms with Gasteiger partial charge in [-0.1, -0.05) is 0 Å². The standard InChI is InChI=1S/C18H23N3O5S/c1-17(2,3)26-16(23)21-11-18(24-4-5-25-18)7-14(21)15(22)20-9-13-6-12(8-19)10-27-13/h6,10,14H,4-5,7,9,11H2,1-3H3,(H,20,22)/t14-/m0/s1. The maximum atomic E-state index is 12.8. The molecule has 3 rings (SSSR count). The number of hydrogen-bond donors (Lipinski definition) is 1. The fraction of sp³-hybridized carbons (Fsp3) is 0.611. The number of nitriles is 1. The second kappa shape index (κ2) is 7.46. The molecule has 1 aromatic rings. The number of carbonyl (C=O) groups excluding carboxylic acids is 2. The summed E-state index contributed by atoms with van der Waals surface area (Å²) in [5.74, 6) is -1.25. The average molecular weight is 393 g/mol. The Hall–Kier alpha value is -2.15. The normalized spacial score (nSPS) is 21.3. The molecule has 2 aliphatic heterocycles. The van der Waals surface area contributed by atoms with Crippen molar-refractivity contribution in [3.8, 4) is 6.07 Å². The van der Waals surface area contributed by atoms with E-state index in [1.165, 1.54) is 16.2 Å². The zero-order valence-corrected chi connectivity index (χ0v) is 16.4. The molecule has 27 heavy (non-hydrogen) atoms. The SMILES string of the molecule is CC(C)(C)OC(=O)N1CC2(C[C@H]1C(=O)NCc1cc(C#N)cs1)OCCO2. The summed E-state index contributed by atoms with van der Waals surface area (Å²) in [4.78, 5) is 27.6. The fourth-order valence-corrected chi connectivity index (χ4v) is 3.87. The lowest BCUT2D eigenvalue weighted by Gasteiger charge is -2.28. The van der Waals surface area contributed by atoms with Crippen LogP contribution in [0.15, 0.2) is 11.4 Å². The van der Waals surface area contributed by atoms with Crippen molar-refractivity contribution in [1.29, 1.82) is 5.26 Å². The molecule has 2 amide bonds. The summed E-state index contributed by atoms with van der Waals surface area (Å²) in [5, 5.41) is 13.5. The minimum absolute atomic E-state index is 0.150. The van der Waals surface area contributed by atoms with Gasteiger partial charge in [-0.3, -0.25) is 9.69 Å². The number of nitrogens with zero attached hydrogens (tertiary/aromatic N) is 2. The van der Waals surface area contributed by atoms with Gasteiger partial charge in [0.25, 0.3) is 0 Å². The molecule has 3 heterocycles. The molecular formula is C18H23N3O5S. The van der Waals surface area contributed by atoms with Gasteiger partial charge < -0.3 is 19.5 Å². The summed E-state index contributed by atoms with van der Waals surface area (Å²) >= 11 is 1.40. The van der Waals surface area contributed by atoms with E-state index in [2.05, 4.69) is 11.4 Å². The van der Waals surface area contributed by atoms with Gasteiger partial charge >= 0.3 is 6.09 Å². The van der Waals surface area contributed by atoms with Crippen molar-refractivity contribution in [2.75, 3.05) is 19.8 Å². The number of amides is 2. The zero-order chi connectivity index (χ0) is 19.7. The van der Waals surface area contributed by atoms with Crippen LogP contribution in [0.3, 0.4) is 0 Å². The highest BCUT2D eigenvalue weighted by molar-refractivity contribution is 7.10. The smallest absolute Gasteiger partial charge is 0.411 e. The van der Waals surface area contributed by atoms with E-state index in [1.54, 1.807) is 32.2 Å². The van der Waals surface area contributed by atoms with Crippen molar-refractivity contribution in [2.45, 2.75) is 51.2 Å². The zero-order valence-electron chi connectivity index (χ0n) is 15.6. The Morgan fingerprint density at radius 3 is 2.74 bits per heavy atom. The lowest BCUT2D eigenvalue weighted by atomic mass is 10.1. The van der Waals surface area contributed by atoms with Crippen molar-refractivity contribution in [1.82, 2.24) is 10.2 Å². The van der Waals surface area contributed by atoms with Gasteiger partial charge in [0.05, 0.1) is 31.9 Å². The Morgan fingerprint density at radius 2 is 2.15 bits per heavy atom. The van der Waals surface area contributed by atoms with Gasteiger partial charge in [0.1, 0.15) is 17.7 Å². The summed E-state index contributed by atoms with van der Waals surface area (Å²) in [7, 11) is 0. The molecular weight excluding hydrogens is 370 g/mol. The van der Waals surface area contributed by atoms with Crippen molar-refractivity contribution >= 4 is 23.3 Å². The van der Waals surface area contributed by atoms with Crippen LogP contribution >= 0.6 is 11.3 Å². The summed E-state index contributed by atoms with van der Waals surface area (Å²) in [6.07, 6.45) is -0.312. The first kappa shape index (κ1) is 19.6. The van der Waals surface area contributed by atoms with E-state index in [-0.39, 0.29) is 18.9 Å². The minimum atomic E-state index is -0.949. The van der Waals surface area contributed by atoms with Gasteiger partial charge in [-0.15, -0.1) is 11.3 Å². The van der Waals surface area contributed by atoms with Crippen LogP contribution in [-0.4, -0.2) is 54.1 Å². The first-order valence-electron chi connectivity index (χ1n) is 8.74. The number of ether oxygens (including phenoxy) is 3. The molecule has 2 saturated heterocycles. The fourth-order valence-electron chi connectivity index (χ4n) is 3.12. The third-order valence-electron chi connectivity index (χ3n) is 4.26. The number of thiophene rings is 1. The molecule has 0 aromatic carbocycles. The monoisotopic (exact) mass is 393 g/mol. The Morgan fingerprint density at radius 1 is 1.44 bits per heavy atom. The minimum Gasteiger partial charge on any atom is -0.444 e. The molecule has 0 unspecified atom stereocenters. The molecule has 2 aliphatic rings. The predicted molar refractivity (Wildman–Crippen MR) is 96.9 cm³/mol. The van der Waals surface area contributed by atoms with Gasteiger partial charge in [0.15, 0.2) is 5.79 Å². The van der Waals surface area contributed by atoms with Crippen molar-refractivity contribution in [2.24, 2.45) is 0 Å². The highest BCUT2D eigenvalue weighted by atomic mass is 32.1. The molecule has 1 aromatic heterocycles. The first-order chi connectivity index (χ1) is 12.7. The highest BCUT2D eigenvalue weighted by Gasteiger charge is 2.53. The number of carbonyl (C=O) groups is 2. The van der Waals surface area contributed by atoms with Gasteiger partial charge in [0, 0.05) is 16.7 Å². The maximum Gasteiger partial charge on any atom is 0.411 e. The van der Waals surface area contributed by atoms with Crippen molar-refractivity contribution in [3.05, 3.63) is 21.9 Å². The number of hydrogen-bond acceptors (Lipinski definition) is 7. The van der Waals surface area contributed by atoms with Gasteiger partial charge in [0.2, 0.25) is 5.91 Å². The first-order valence-corrected chi connectivity index (χ1v) is 9.62. The van der Waals surface area contributed by atoms with E-state index < -0.39 is 23.5 Å². The van der Waals surface area contributed by atoms with E-state index in [9.17, 15) is 9.59 Å². The summed E-state index contributed by atoms with van der Waals surface area (Å²) in [6.45, 7) is 6.63. The van der Waals surface area contributed by atoms with Crippen LogP contribution in [0.4, 0.5) is 4.79 Å². The van der Waals surface area contributed by atoms with E-state index >= 15 is 0 Å². The number of rotatable bonds is 3. The molecule has 8 nitrogen and oxygen atoms in total. The second-order valence-electron chi connectivity index (χ2n) is 7.57. The van der Waals surface area contributed by atoms with Crippen LogP contribution in [-0.2, 0) is 25.5 Å². The Bertz CT molecular complexity index is 758. The van der Waals surface area contributed by atoms with Crippen LogP contribution < -0.4 is 5.32 Å². The van der Waals surface area contributed by atoms with Gasteiger partial charge in [-0.05, 0) is 26.8 Å². The molecule has 0 aliphatic carbocycles. The second-order valence-corrected chi connectivity index (χ2v) is 8.56. The van der Waals surface area contributed by atoms with Crippen LogP contribution in [0, 0.1) is 11.3 Å². The molecule has 1 atom stereocenters. The Labute approximate surface area is 162 Å². The van der Waals surface area contributed by atoms with E-state index in [1.807, 2.05) is 0 Å². The number of nitrogens with one attached hydrogen (secondary N) is 1. The van der Waals surface area contributed by atoms with Crippen LogP contribution in [0.5, 0.6) is 0 Å². The summed E-state index contributed by atoms with van der Waals surface area (Å²) in [6, 6.07) is 3.05. The maximum absolute atomic E-state index is 12.8. The van der Waals surface area contributed by atoms with E-state index in [0.717, 1.165) is 4.88 Å². The Balaban J connectivity index is 1.69. The van der Waals surface area contributed by atoms with E-state index in [4.69, 9.17) is 19.5 Å². The molecule has 0 saturated carbocycles. The van der Waals surface area contributed by atoms with Crippen molar-refractivity contribution in [3.63, 3.8) is 0 Å². The highest BCUT2D eigenvalue weighted by Crippen LogP contribution is 2.35. The summed E-state index contributed by atoms with van der Waals surface area (Å²) in [5.41, 5.74) is -0.108. The molecule has 1 spiro atoms. The molecule has 146 valence electrons. The lowest BCUT2D eigenvalue weighted by molar-refractivity contribution is -0.146. The molecule has 0 bridgehead atoms. The van der Waals surface area contributed by atoms with Crippen LogP contribution in [0.1, 0.15) is 37.6 Å². The van der Waals surface area contributed by atoms with Gasteiger partial charge in [-0.25, -0.2) is 4.79 Å². The third-order valence-corrected chi connectivity index (χ3v) is 5.19. The quantitative estimate of drug-likeness (QED) is 0.843. The molecule has 1 N–H and O–H groups in total. The lowest BCUT2D eigenvalue weighted by Crippen LogP contribution is -2.47.